The van der Waals surface area contributed by atoms with Crippen LogP contribution < -0.4 is 16.6 Å². The van der Waals surface area contributed by atoms with Crippen molar-refractivity contribution in [2.24, 2.45) is 12.8 Å². The van der Waals surface area contributed by atoms with Crippen molar-refractivity contribution in [3.8, 4) is 0 Å². The van der Waals surface area contributed by atoms with Crippen LogP contribution in [-0.4, -0.2) is 37.1 Å². The van der Waals surface area contributed by atoms with Gasteiger partial charge in [-0.1, -0.05) is 18.2 Å². The summed E-state index contributed by atoms with van der Waals surface area (Å²) >= 11 is 0. The van der Waals surface area contributed by atoms with E-state index in [-0.39, 0.29) is 5.56 Å². The van der Waals surface area contributed by atoms with Gasteiger partial charge in [-0.15, -0.1) is 10.2 Å². The molecule has 8 nitrogen and oxygen atoms in total. The smallest absolute Gasteiger partial charge is 0.274 e. The minimum absolute atomic E-state index is 0.0628. The Morgan fingerprint density at radius 2 is 2.08 bits per heavy atom. The number of nitrogens with zero attached hydrogens (tertiary/aromatic N) is 5. The van der Waals surface area contributed by atoms with Crippen LogP contribution in [0.15, 0.2) is 35.3 Å². The molecule has 3 aromatic rings. The van der Waals surface area contributed by atoms with Gasteiger partial charge in [0.15, 0.2) is 0 Å². The minimum atomic E-state index is -0.0628. The maximum atomic E-state index is 12.4. The highest BCUT2D eigenvalue weighted by molar-refractivity contribution is 5.80. The molecule has 136 valence electrons. The third kappa shape index (κ3) is 3.13. The number of fused-ring (bicyclic) bond motifs is 1. The average Bonchev–Trinajstić information content (AvgIpc) is 2.98. The first-order chi connectivity index (χ1) is 12.6. The van der Waals surface area contributed by atoms with E-state index in [1.54, 1.807) is 6.20 Å². The second kappa shape index (κ2) is 6.97. The summed E-state index contributed by atoms with van der Waals surface area (Å²) in [4.78, 5) is 12.4. The molecule has 0 saturated heterocycles. The van der Waals surface area contributed by atoms with E-state index in [2.05, 4.69) is 20.6 Å². The minimum Gasteiger partial charge on any atom is -0.328 e. The first kappa shape index (κ1) is 16.9. The molecule has 26 heavy (non-hydrogen) atoms. The van der Waals surface area contributed by atoms with Crippen molar-refractivity contribution in [1.82, 2.24) is 29.9 Å². The Hall–Kier alpha value is -2.58. The summed E-state index contributed by atoms with van der Waals surface area (Å²) in [5.41, 5.74) is 5.80. The number of hydrogen-bond acceptors (Lipinski definition) is 6. The second-order valence-electron chi connectivity index (χ2n) is 6.90. The summed E-state index contributed by atoms with van der Waals surface area (Å²) in [6.45, 7) is 1.73. The third-order valence-electron chi connectivity index (χ3n) is 5.08. The Kier molecular flexibility index (Phi) is 4.52. The van der Waals surface area contributed by atoms with Gasteiger partial charge in [0.1, 0.15) is 11.6 Å². The highest BCUT2D eigenvalue weighted by Gasteiger charge is 2.31. The molecule has 8 heteroatoms. The molecule has 1 fully saturated rings. The number of benzene rings is 1. The van der Waals surface area contributed by atoms with E-state index in [1.165, 1.54) is 4.68 Å². The van der Waals surface area contributed by atoms with Gasteiger partial charge in [0.25, 0.3) is 5.56 Å². The summed E-state index contributed by atoms with van der Waals surface area (Å²) in [6, 6.07) is 7.80. The largest absolute Gasteiger partial charge is 0.328 e. The lowest BCUT2D eigenvalue weighted by Crippen LogP contribution is -2.36. The van der Waals surface area contributed by atoms with E-state index in [0.29, 0.717) is 37.0 Å². The maximum absolute atomic E-state index is 12.4. The number of nitrogens with one attached hydrogen (secondary N) is 1. The zero-order valence-corrected chi connectivity index (χ0v) is 14.8. The molecule has 0 spiro atoms. The van der Waals surface area contributed by atoms with Gasteiger partial charge >= 0.3 is 0 Å². The molecule has 0 radical (unpaired) electrons. The monoisotopic (exact) mass is 353 g/mol. The van der Waals surface area contributed by atoms with Crippen LogP contribution in [0.2, 0.25) is 0 Å². The Balaban J connectivity index is 1.35. The Morgan fingerprint density at radius 3 is 2.88 bits per heavy atom. The van der Waals surface area contributed by atoms with Crippen molar-refractivity contribution >= 4 is 10.8 Å². The van der Waals surface area contributed by atoms with Crippen LogP contribution in [0.3, 0.4) is 0 Å². The molecule has 3 N–H and O–H groups in total. The Labute approximate surface area is 151 Å². The molecule has 1 aliphatic rings. The number of nitrogens with two attached hydrogens (primary N) is 1. The van der Waals surface area contributed by atoms with Gasteiger partial charge in [0.2, 0.25) is 0 Å². The molecule has 0 amide bonds. The second-order valence-corrected chi connectivity index (χ2v) is 6.90. The van der Waals surface area contributed by atoms with Crippen molar-refractivity contribution in [3.05, 3.63) is 52.5 Å². The standard InChI is InChI=1S/C18H23N7O/c1-24-16(22-23-17(24)13-8-14(19)9-13)11-20-6-7-25-18(26)15-5-3-2-4-12(15)10-21-25/h2-5,10,13-14,20H,6-9,11,19H2,1H3. The number of hydrogen-bond donors (Lipinski definition) is 2. The van der Waals surface area contributed by atoms with Crippen LogP contribution in [-0.2, 0) is 20.1 Å². The van der Waals surface area contributed by atoms with E-state index in [4.69, 9.17) is 5.73 Å². The van der Waals surface area contributed by atoms with E-state index < -0.39 is 0 Å². The van der Waals surface area contributed by atoms with E-state index >= 15 is 0 Å². The van der Waals surface area contributed by atoms with Crippen LogP contribution in [0, 0.1) is 0 Å². The highest BCUT2D eigenvalue weighted by Crippen LogP contribution is 2.34. The van der Waals surface area contributed by atoms with E-state index in [1.807, 2.05) is 35.9 Å². The Bertz CT molecular complexity index is 971. The van der Waals surface area contributed by atoms with Gasteiger partial charge in [-0.05, 0) is 18.9 Å². The summed E-state index contributed by atoms with van der Waals surface area (Å²) in [6.07, 6.45) is 3.70. The van der Waals surface area contributed by atoms with E-state index in [9.17, 15) is 4.79 Å². The van der Waals surface area contributed by atoms with Gasteiger partial charge in [0.05, 0.1) is 24.7 Å². The first-order valence-corrected chi connectivity index (χ1v) is 8.93. The summed E-state index contributed by atoms with van der Waals surface area (Å²) in [7, 11) is 1.99. The lowest BCUT2D eigenvalue weighted by Gasteiger charge is -2.31. The van der Waals surface area contributed by atoms with Crippen molar-refractivity contribution in [1.29, 1.82) is 0 Å². The van der Waals surface area contributed by atoms with Crippen LogP contribution in [0.25, 0.3) is 10.8 Å². The van der Waals surface area contributed by atoms with Crippen molar-refractivity contribution in [2.75, 3.05) is 6.54 Å². The fourth-order valence-electron chi connectivity index (χ4n) is 3.43. The van der Waals surface area contributed by atoms with Gasteiger partial charge in [-0.25, -0.2) is 4.68 Å². The van der Waals surface area contributed by atoms with E-state index in [0.717, 1.165) is 29.9 Å². The molecule has 2 aromatic heterocycles. The third-order valence-corrected chi connectivity index (χ3v) is 5.08. The predicted octanol–water partition coefficient (Wildman–Crippen LogP) is 0.519. The molecule has 4 rings (SSSR count). The molecule has 1 aromatic carbocycles. The fraction of sp³-hybridized carbons (Fsp3) is 0.444. The van der Waals surface area contributed by atoms with Crippen LogP contribution >= 0.6 is 0 Å². The number of aromatic nitrogens is 5. The van der Waals surface area contributed by atoms with Crippen molar-refractivity contribution in [3.63, 3.8) is 0 Å². The van der Waals surface area contributed by atoms with Gasteiger partial charge in [-0.3, -0.25) is 4.79 Å². The Morgan fingerprint density at radius 1 is 1.27 bits per heavy atom. The summed E-state index contributed by atoms with van der Waals surface area (Å²) < 4.78 is 3.54. The average molecular weight is 353 g/mol. The zero-order chi connectivity index (χ0) is 18.1. The zero-order valence-electron chi connectivity index (χ0n) is 14.8. The van der Waals surface area contributed by atoms with Crippen molar-refractivity contribution < 1.29 is 0 Å². The van der Waals surface area contributed by atoms with Crippen LogP contribution in [0.4, 0.5) is 0 Å². The SMILES string of the molecule is Cn1c(CNCCn2ncc3ccccc3c2=O)nnc1C1CC(N)C1. The topological polar surface area (TPSA) is 104 Å². The molecule has 0 unspecified atom stereocenters. The summed E-state index contributed by atoms with van der Waals surface area (Å²) in [5.74, 6) is 2.33. The van der Waals surface area contributed by atoms with Gasteiger partial charge in [-0.2, -0.15) is 5.10 Å². The number of rotatable bonds is 6. The molecule has 0 atom stereocenters. The first-order valence-electron chi connectivity index (χ1n) is 8.93. The molecule has 2 heterocycles. The molecular formula is C18H23N7O. The molecule has 0 bridgehead atoms. The van der Waals surface area contributed by atoms with Crippen molar-refractivity contribution in [2.45, 2.75) is 37.9 Å². The molecule has 1 saturated carbocycles. The molecule has 1 aliphatic carbocycles. The fourth-order valence-corrected chi connectivity index (χ4v) is 3.43. The molecule has 0 aliphatic heterocycles. The predicted molar refractivity (Wildman–Crippen MR) is 98.7 cm³/mol. The lowest BCUT2D eigenvalue weighted by molar-refractivity contribution is 0.331. The quantitative estimate of drug-likeness (QED) is 0.626. The van der Waals surface area contributed by atoms with Crippen LogP contribution in [0.1, 0.15) is 30.4 Å². The van der Waals surface area contributed by atoms with Gasteiger partial charge in [0, 0.05) is 30.9 Å². The molecular weight excluding hydrogens is 330 g/mol. The summed E-state index contributed by atoms with van der Waals surface area (Å²) in [5, 5.41) is 17.7. The lowest BCUT2D eigenvalue weighted by atomic mass is 9.80. The van der Waals surface area contributed by atoms with Gasteiger partial charge < -0.3 is 15.6 Å². The highest BCUT2D eigenvalue weighted by atomic mass is 16.1. The van der Waals surface area contributed by atoms with Crippen LogP contribution in [0.5, 0.6) is 0 Å². The maximum Gasteiger partial charge on any atom is 0.274 e. The normalized spacial score (nSPS) is 19.6.